The van der Waals surface area contributed by atoms with Crippen molar-refractivity contribution in [1.82, 2.24) is 0 Å². The number of nitrogens with two attached hydrogens (primary N) is 1. The Morgan fingerprint density at radius 2 is 1.03 bits per heavy atom. The van der Waals surface area contributed by atoms with Crippen LogP contribution in [0.15, 0.2) is 119 Å². The molecule has 204 valence electrons. The van der Waals surface area contributed by atoms with Crippen LogP contribution in [0.5, 0.6) is 0 Å². The first-order chi connectivity index (χ1) is 18.3. The first-order valence-corrected chi connectivity index (χ1v) is 14.4. The third kappa shape index (κ3) is 9.70. The van der Waals surface area contributed by atoms with Gasteiger partial charge in [-0.25, -0.2) is 16.8 Å². The quantitative estimate of drug-likeness (QED) is 0.131. The number of nitro groups is 2. The molecule has 0 spiro atoms. The third-order valence-corrected chi connectivity index (χ3v) is 7.31. The second kappa shape index (κ2) is 13.9. The molecule has 4 aromatic rings. The van der Waals surface area contributed by atoms with Gasteiger partial charge in [0.1, 0.15) is 11.4 Å². The lowest BCUT2D eigenvalue weighted by Gasteiger charge is -2.08. The number of anilines is 2. The van der Waals surface area contributed by atoms with Crippen LogP contribution in [0.2, 0.25) is 0 Å². The van der Waals surface area contributed by atoms with E-state index in [1.54, 1.807) is 48.5 Å². The van der Waals surface area contributed by atoms with Gasteiger partial charge in [0.15, 0.2) is 0 Å². The maximum Gasteiger partial charge on any atom is 0.293 e. The van der Waals surface area contributed by atoms with Gasteiger partial charge in [0.25, 0.3) is 30.4 Å². The van der Waals surface area contributed by atoms with Gasteiger partial charge in [0, 0.05) is 22.8 Å². The lowest BCUT2D eigenvalue weighted by molar-refractivity contribution is -0.384. The van der Waals surface area contributed by atoms with E-state index in [0.29, 0.717) is 0 Å². The zero-order valence-corrected chi connectivity index (χ0v) is 22.2. The van der Waals surface area contributed by atoms with E-state index in [1.807, 2.05) is 0 Å². The van der Waals surface area contributed by atoms with E-state index in [1.165, 1.54) is 60.7 Å². The highest BCUT2D eigenvalue weighted by Crippen LogP contribution is 2.26. The van der Waals surface area contributed by atoms with Crippen LogP contribution in [0.3, 0.4) is 0 Å². The molecule has 0 fully saturated rings. The van der Waals surface area contributed by atoms with Gasteiger partial charge in [-0.15, -0.1) is 0 Å². The molecule has 0 aliphatic heterocycles. The van der Waals surface area contributed by atoms with E-state index in [0.717, 1.165) is 0 Å². The molecule has 0 radical (unpaired) electrons. The number of nitro benzene ring substituents is 2. The molecule has 0 bridgehead atoms. The largest absolute Gasteiger partial charge is 0.393 e. The number of para-hydroxylation sites is 4. The second-order valence-corrected chi connectivity index (χ2v) is 11.5. The van der Waals surface area contributed by atoms with Gasteiger partial charge < -0.3 is 5.73 Å². The van der Waals surface area contributed by atoms with Crippen molar-refractivity contribution in [1.29, 1.82) is 0 Å². The second-order valence-electron chi connectivity index (χ2n) is 7.26. The minimum absolute atomic E-state index is 0.0394. The first-order valence-electron chi connectivity index (χ1n) is 10.6. The fraction of sp³-hybridized carbons (Fsp3) is 0. The topological polar surface area (TPSA) is 193 Å². The number of sulfonamides is 1. The van der Waals surface area contributed by atoms with E-state index in [2.05, 4.69) is 4.72 Å². The SMILES string of the molecule is Nc1ccccc1[N+](=O)[O-].O=S(=O)(Cl)c1ccccc1.O=[N+]([O-])c1ccccc1NS(=O)(=O)c1ccccc1. The van der Waals surface area contributed by atoms with Gasteiger partial charge in [-0.05, 0) is 36.4 Å². The minimum atomic E-state index is -3.82. The highest BCUT2D eigenvalue weighted by atomic mass is 35.7. The highest BCUT2D eigenvalue weighted by molar-refractivity contribution is 8.13. The molecule has 4 rings (SSSR count). The van der Waals surface area contributed by atoms with E-state index in [-0.39, 0.29) is 32.5 Å². The molecular weight excluding hydrogens is 572 g/mol. The Hall–Kier alpha value is -4.53. The zero-order chi connectivity index (χ0) is 29.1. The number of hydrogen-bond donors (Lipinski definition) is 2. The summed E-state index contributed by atoms with van der Waals surface area (Å²) in [6.45, 7) is 0. The fourth-order valence-electron chi connectivity index (χ4n) is 2.76. The highest BCUT2D eigenvalue weighted by Gasteiger charge is 2.19. The van der Waals surface area contributed by atoms with Crippen LogP contribution in [0.25, 0.3) is 0 Å². The van der Waals surface area contributed by atoms with Crippen LogP contribution in [-0.4, -0.2) is 26.7 Å². The van der Waals surface area contributed by atoms with Crippen molar-refractivity contribution in [3.8, 4) is 0 Å². The zero-order valence-electron chi connectivity index (χ0n) is 19.8. The van der Waals surface area contributed by atoms with Crippen molar-refractivity contribution in [3.63, 3.8) is 0 Å². The lowest BCUT2D eigenvalue weighted by Crippen LogP contribution is -2.13. The van der Waals surface area contributed by atoms with E-state index >= 15 is 0 Å². The maximum atomic E-state index is 12.0. The molecule has 0 aromatic heterocycles. The fourth-order valence-corrected chi connectivity index (χ4v) is 4.65. The number of nitrogen functional groups attached to an aromatic ring is 1. The molecule has 0 amide bonds. The summed E-state index contributed by atoms with van der Waals surface area (Å²) in [6.07, 6.45) is 0. The van der Waals surface area contributed by atoms with E-state index in [9.17, 15) is 37.1 Å². The van der Waals surface area contributed by atoms with E-state index in [4.69, 9.17) is 16.4 Å². The number of nitrogens with zero attached hydrogens (tertiary/aromatic N) is 2. The molecular formula is C24H21ClN4O8S2. The Kier molecular flexibility index (Phi) is 10.9. The number of halogens is 1. The van der Waals surface area contributed by atoms with Gasteiger partial charge in [-0.1, -0.05) is 60.7 Å². The average Bonchev–Trinajstić information content (AvgIpc) is 2.90. The van der Waals surface area contributed by atoms with Gasteiger partial charge in [0.05, 0.1) is 19.6 Å². The molecule has 0 aliphatic carbocycles. The molecule has 0 heterocycles. The van der Waals surface area contributed by atoms with E-state index < -0.39 is 28.9 Å². The standard InChI is InChI=1S/C12H10N2O4S.C6H5ClO2S.C6H6N2O2/c15-14(16)12-9-5-4-8-11(12)13-19(17,18)10-6-2-1-3-7-10;7-10(8,9)6-4-2-1-3-5-6;7-5-3-1-2-4-6(5)8(9)10/h1-9,13H;1-5H;1-4H,7H2. The number of nitrogens with one attached hydrogen (secondary N) is 1. The molecule has 0 atom stereocenters. The Morgan fingerprint density at radius 3 is 1.44 bits per heavy atom. The smallest absolute Gasteiger partial charge is 0.293 e. The number of hydrogen-bond acceptors (Lipinski definition) is 9. The van der Waals surface area contributed by atoms with Crippen LogP contribution in [-0.2, 0) is 19.1 Å². The summed E-state index contributed by atoms with van der Waals surface area (Å²) in [5.74, 6) is 0. The van der Waals surface area contributed by atoms with Crippen molar-refractivity contribution in [3.05, 3.63) is 129 Å². The molecule has 4 aromatic carbocycles. The van der Waals surface area contributed by atoms with Crippen molar-refractivity contribution < 1.29 is 26.7 Å². The van der Waals surface area contributed by atoms with Crippen molar-refractivity contribution >= 4 is 52.5 Å². The van der Waals surface area contributed by atoms with Crippen LogP contribution in [0.4, 0.5) is 22.7 Å². The predicted molar refractivity (Wildman–Crippen MR) is 147 cm³/mol. The van der Waals surface area contributed by atoms with Gasteiger partial charge in [0.2, 0.25) is 0 Å². The lowest BCUT2D eigenvalue weighted by atomic mass is 10.3. The summed E-state index contributed by atoms with van der Waals surface area (Å²) in [7, 11) is -2.32. The van der Waals surface area contributed by atoms with Crippen molar-refractivity contribution in [2.75, 3.05) is 10.5 Å². The molecule has 0 unspecified atom stereocenters. The summed E-state index contributed by atoms with van der Waals surface area (Å²) in [5, 5.41) is 21.0. The first kappa shape index (κ1) is 30.7. The number of rotatable bonds is 6. The maximum absolute atomic E-state index is 12.0. The summed E-state index contributed by atoms with van der Waals surface area (Å²) in [6, 6.07) is 27.2. The van der Waals surface area contributed by atoms with Crippen LogP contribution in [0, 0.1) is 20.2 Å². The number of benzene rings is 4. The van der Waals surface area contributed by atoms with Crippen LogP contribution >= 0.6 is 10.7 Å². The summed E-state index contributed by atoms with van der Waals surface area (Å²) < 4.78 is 47.5. The van der Waals surface area contributed by atoms with Crippen LogP contribution < -0.4 is 10.5 Å². The minimum Gasteiger partial charge on any atom is -0.393 e. The molecule has 15 heteroatoms. The normalized spacial score (nSPS) is 10.6. The average molecular weight is 593 g/mol. The Morgan fingerprint density at radius 1 is 0.615 bits per heavy atom. The van der Waals surface area contributed by atoms with Crippen LogP contribution in [0.1, 0.15) is 0 Å². The Bertz CT molecular complexity index is 1640. The molecule has 3 N–H and O–H groups in total. The predicted octanol–water partition coefficient (Wildman–Crippen LogP) is 5.19. The molecule has 0 aliphatic rings. The van der Waals surface area contributed by atoms with Gasteiger partial charge in [-0.3, -0.25) is 25.0 Å². The van der Waals surface area contributed by atoms with Gasteiger partial charge in [-0.2, -0.15) is 0 Å². The Labute approximate surface area is 228 Å². The molecule has 0 saturated heterocycles. The van der Waals surface area contributed by atoms with Gasteiger partial charge >= 0.3 is 0 Å². The molecule has 0 saturated carbocycles. The summed E-state index contributed by atoms with van der Waals surface area (Å²) in [4.78, 5) is 20.0. The molecule has 39 heavy (non-hydrogen) atoms. The van der Waals surface area contributed by atoms with Crippen molar-refractivity contribution in [2.24, 2.45) is 0 Å². The Balaban J connectivity index is 0.000000225. The monoisotopic (exact) mass is 592 g/mol. The molecule has 12 nitrogen and oxygen atoms in total. The van der Waals surface area contributed by atoms with Crippen molar-refractivity contribution in [2.45, 2.75) is 9.79 Å². The summed E-state index contributed by atoms with van der Waals surface area (Å²) >= 11 is 0. The third-order valence-electron chi connectivity index (χ3n) is 4.56. The summed E-state index contributed by atoms with van der Waals surface area (Å²) in [5.41, 5.74) is 5.09.